The number of aliphatic hydroxyl groups is 1. The predicted octanol–water partition coefficient (Wildman–Crippen LogP) is 5.67. The Kier molecular flexibility index (Phi) is 8.50. The number of amides is 2. The molecule has 2 aliphatic heterocycles. The summed E-state index contributed by atoms with van der Waals surface area (Å²) in [6.07, 6.45) is 0.0725. The lowest BCUT2D eigenvalue weighted by Gasteiger charge is -2.37. The highest BCUT2D eigenvalue weighted by Gasteiger charge is 2.66. The molecule has 0 aliphatic carbocycles. The highest BCUT2D eigenvalue weighted by atomic mass is 28.3. The average molecular weight is 636 g/mol. The van der Waals surface area contributed by atoms with Gasteiger partial charge in [-0.1, -0.05) is 67.7 Å². The van der Waals surface area contributed by atoms with E-state index in [1.807, 2.05) is 65.6 Å². The molecule has 2 heterocycles. The van der Waals surface area contributed by atoms with Crippen LogP contribution in [0.4, 0.5) is 17.1 Å². The van der Waals surface area contributed by atoms with Gasteiger partial charge in [0.25, 0.3) is 11.8 Å². The van der Waals surface area contributed by atoms with Gasteiger partial charge in [0, 0.05) is 35.0 Å². The van der Waals surface area contributed by atoms with Crippen molar-refractivity contribution in [3.8, 4) is 5.75 Å². The lowest BCUT2D eigenvalue weighted by Crippen LogP contribution is -2.51. The van der Waals surface area contributed by atoms with Gasteiger partial charge < -0.3 is 30.5 Å². The summed E-state index contributed by atoms with van der Waals surface area (Å²) >= 11 is 0. The summed E-state index contributed by atoms with van der Waals surface area (Å²) in [7, 11) is -0.662. The third-order valence-electron chi connectivity index (χ3n) is 9.86. The van der Waals surface area contributed by atoms with Gasteiger partial charge in [0.2, 0.25) is 0 Å². The Labute approximate surface area is 271 Å². The number of anilines is 3. The largest absolute Gasteiger partial charge is 0.497 e. The molecule has 2 amide bonds. The molecule has 2 aliphatic rings. The lowest BCUT2D eigenvalue weighted by atomic mass is 9.82. The van der Waals surface area contributed by atoms with Crippen molar-refractivity contribution in [2.45, 2.75) is 50.2 Å². The SMILES string of the molecule is COc1ccc([Si](C)(C)[C@@H]2[C@@H](CCO)O[C@]3(C(=O)N(Cc4ccccc4)c4ccc(NC(=O)c5ccc(N)cc5)cc43)[C@H]2C)cc1. The molecule has 9 heteroatoms. The van der Waals surface area contributed by atoms with Crippen molar-refractivity contribution in [1.29, 1.82) is 0 Å². The van der Waals surface area contributed by atoms with Crippen molar-refractivity contribution >= 4 is 42.1 Å². The zero-order chi connectivity index (χ0) is 32.6. The van der Waals surface area contributed by atoms with Gasteiger partial charge in [-0.3, -0.25) is 9.59 Å². The van der Waals surface area contributed by atoms with Crippen LogP contribution in [0.5, 0.6) is 5.75 Å². The molecule has 0 radical (unpaired) electrons. The number of nitrogens with one attached hydrogen (secondary N) is 1. The van der Waals surface area contributed by atoms with E-state index in [4.69, 9.17) is 15.2 Å². The van der Waals surface area contributed by atoms with Crippen molar-refractivity contribution in [3.05, 3.63) is 114 Å². The molecule has 4 N–H and O–H groups in total. The number of methoxy groups -OCH3 is 1. The third kappa shape index (κ3) is 5.38. The van der Waals surface area contributed by atoms with Crippen molar-refractivity contribution in [2.75, 3.05) is 29.7 Å². The number of hydrogen-bond donors (Lipinski definition) is 3. The molecule has 238 valence electrons. The molecule has 46 heavy (non-hydrogen) atoms. The summed E-state index contributed by atoms with van der Waals surface area (Å²) in [5.74, 6) is 0.176. The molecule has 8 nitrogen and oxygen atoms in total. The average Bonchev–Trinajstić information content (AvgIpc) is 3.48. The normalized spacial score (nSPS) is 22.2. The second-order valence-corrected chi connectivity index (χ2v) is 17.5. The Morgan fingerprint density at radius 2 is 1.72 bits per heavy atom. The van der Waals surface area contributed by atoms with Crippen LogP contribution in [0.15, 0.2) is 97.1 Å². The van der Waals surface area contributed by atoms with E-state index in [-0.39, 0.29) is 36.0 Å². The number of hydrogen-bond acceptors (Lipinski definition) is 6. The van der Waals surface area contributed by atoms with Gasteiger partial charge in [-0.25, -0.2) is 0 Å². The molecule has 0 saturated carbocycles. The summed E-state index contributed by atoms with van der Waals surface area (Å²) < 4.78 is 12.4. The number of nitrogens with two attached hydrogens (primary N) is 1. The van der Waals surface area contributed by atoms with E-state index in [2.05, 4.69) is 37.5 Å². The maximum absolute atomic E-state index is 14.9. The predicted molar refractivity (Wildman–Crippen MR) is 184 cm³/mol. The van der Waals surface area contributed by atoms with E-state index in [9.17, 15) is 14.7 Å². The van der Waals surface area contributed by atoms with Crippen LogP contribution in [0, 0.1) is 5.92 Å². The number of nitrogen functional groups attached to an aromatic ring is 1. The minimum atomic E-state index is -2.32. The summed E-state index contributed by atoms with van der Waals surface area (Å²) in [6, 6.07) is 30.5. The van der Waals surface area contributed by atoms with Crippen LogP contribution in [0.1, 0.15) is 34.8 Å². The van der Waals surface area contributed by atoms with Crippen LogP contribution in [-0.4, -0.2) is 44.8 Å². The van der Waals surface area contributed by atoms with E-state index in [1.165, 1.54) is 5.19 Å². The molecule has 1 fully saturated rings. The standard InChI is InChI=1S/C37H41N3O5Si/c1-24-34(46(3,4)30-17-15-29(44-2)16-18-30)33(20-21-41)45-37(24)31-22-28(39-35(42)26-10-12-27(38)13-11-26)14-19-32(31)40(36(37)43)23-25-8-6-5-7-9-25/h5-19,22,24,33-34,41H,20-21,23,38H2,1-4H3,(H,39,42)/t24-,33+,34-,37+/m0/s1. The van der Waals surface area contributed by atoms with Crippen LogP contribution in [-0.2, 0) is 21.7 Å². The Bertz CT molecular complexity index is 1730. The van der Waals surface area contributed by atoms with Gasteiger partial charge in [0.05, 0.1) is 33.5 Å². The molecule has 0 unspecified atom stereocenters. The summed E-state index contributed by atoms with van der Waals surface area (Å²) in [5, 5.41) is 14.5. The van der Waals surface area contributed by atoms with Gasteiger partial charge in [-0.05, 0) is 72.1 Å². The number of benzene rings is 4. The van der Waals surface area contributed by atoms with Gasteiger partial charge >= 0.3 is 0 Å². The second kappa shape index (κ2) is 12.4. The van der Waals surface area contributed by atoms with Crippen molar-refractivity contribution in [1.82, 2.24) is 0 Å². The monoisotopic (exact) mass is 635 g/mol. The summed E-state index contributed by atoms with van der Waals surface area (Å²) in [4.78, 5) is 29.9. The molecule has 0 aromatic heterocycles. The first-order chi connectivity index (χ1) is 22.1. The Balaban J connectivity index is 1.44. The van der Waals surface area contributed by atoms with Gasteiger partial charge in [-0.15, -0.1) is 0 Å². The topological polar surface area (TPSA) is 114 Å². The van der Waals surface area contributed by atoms with Gasteiger partial charge in [-0.2, -0.15) is 0 Å². The smallest absolute Gasteiger partial charge is 0.264 e. The second-order valence-electron chi connectivity index (χ2n) is 12.9. The molecular weight excluding hydrogens is 595 g/mol. The number of ether oxygens (including phenoxy) is 2. The lowest BCUT2D eigenvalue weighted by molar-refractivity contribution is -0.146. The number of carbonyl (C=O) groups is 2. The quantitative estimate of drug-likeness (QED) is 0.161. The zero-order valence-electron chi connectivity index (χ0n) is 26.7. The summed E-state index contributed by atoms with van der Waals surface area (Å²) in [5.41, 5.74) is 8.68. The minimum absolute atomic E-state index is 0.00884. The number of nitrogens with zero attached hydrogens (tertiary/aromatic N) is 1. The Morgan fingerprint density at radius 3 is 2.37 bits per heavy atom. The van der Waals surface area contributed by atoms with Crippen LogP contribution in [0.2, 0.25) is 18.6 Å². The molecule has 6 rings (SSSR count). The maximum atomic E-state index is 14.9. The van der Waals surface area contributed by atoms with Crippen molar-refractivity contribution in [3.63, 3.8) is 0 Å². The number of aliphatic hydroxyl groups excluding tert-OH is 1. The fourth-order valence-corrected chi connectivity index (χ4v) is 11.6. The van der Waals surface area contributed by atoms with E-state index in [0.717, 1.165) is 22.6 Å². The zero-order valence-corrected chi connectivity index (χ0v) is 27.7. The van der Waals surface area contributed by atoms with Crippen LogP contribution in [0.25, 0.3) is 0 Å². The van der Waals surface area contributed by atoms with Crippen LogP contribution >= 0.6 is 0 Å². The highest BCUT2D eigenvalue weighted by molar-refractivity contribution is 6.91. The molecule has 1 spiro atoms. The number of rotatable bonds is 9. The first-order valence-corrected chi connectivity index (χ1v) is 18.8. The van der Waals surface area contributed by atoms with Crippen LogP contribution < -0.4 is 25.9 Å². The fourth-order valence-electron chi connectivity index (χ4n) is 7.55. The van der Waals surface area contributed by atoms with Crippen LogP contribution in [0.3, 0.4) is 0 Å². The number of fused-ring (bicyclic) bond motifs is 2. The molecule has 4 aromatic rings. The first kappa shape index (κ1) is 31.5. The van der Waals surface area contributed by atoms with Gasteiger partial charge in [0.15, 0.2) is 5.60 Å². The van der Waals surface area contributed by atoms with E-state index in [1.54, 1.807) is 31.4 Å². The highest BCUT2D eigenvalue weighted by Crippen LogP contribution is 2.60. The van der Waals surface area contributed by atoms with E-state index >= 15 is 0 Å². The maximum Gasteiger partial charge on any atom is 0.264 e. The van der Waals surface area contributed by atoms with Crippen molar-refractivity contribution in [2.24, 2.45) is 5.92 Å². The number of carbonyl (C=O) groups excluding carboxylic acids is 2. The molecule has 4 aromatic carbocycles. The van der Waals surface area contributed by atoms with E-state index in [0.29, 0.717) is 29.9 Å². The van der Waals surface area contributed by atoms with E-state index < -0.39 is 13.7 Å². The molecule has 4 atom stereocenters. The third-order valence-corrected chi connectivity index (χ3v) is 14.2. The summed E-state index contributed by atoms with van der Waals surface area (Å²) in [6.45, 7) is 7.08. The molecule has 1 saturated heterocycles. The van der Waals surface area contributed by atoms with Gasteiger partial charge in [0.1, 0.15) is 5.75 Å². The molecular formula is C37H41N3O5Si. The van der Waals surface area contributed by atoms with Crippen molar-refractivity contribution < 1.29 is 24.2 Å². The first-order valence-electron chi connectivity index (χ1n) is 15.7. The molecule has 0 bridgehead atoms. The Hall–Kier alpha value is -4.44. The Morgan fingerprint density at radius 1 is 1.02 bits per heavy atom. The fraction of sp³-hybridized carbons (Fsp3) is 0.297. The minimum Gasteiger partial charge on any atom is -0.497 e.